The summed E-state index contributed by atoms with van der Waals surface area (Å²) in [6, 6.07) is 16.0. The van der Waals surface area contributed by atoms with Crippen LogP contribution in [0.5, 0.6) is 5.75 Å². The Morgan fingerprint density at radius 1 is 1.27 bits per heavy atom. The average molecular weight is 443 g/mol. The summed E-state index contributed by atoms with van der Waals surface area (Å²) >= 11 is 7.67. The normalized spacial score (nSPS) is 16.0. The van der Waals surface area contributed by atoms with E-state index in [1.54, 1.807) is 59.3 Å². The van der Waals surface area contributed by atoms with Gasteiger partial charge in [0.05, 0.1) is 30.7 Å². The standard InChI is InChI=1S/C22H19ClN2O4S/c1-28-19-9-8-16(11-18(19)23)24-21(27)14-4-6-15(7-5-14)22-25(20(26)13-30-22)12-17-3-2-10-29-17/h2-11,22H,12-13H2,1H3,(H,24,27)/t22-/m0/s1. The van der Waals surface area contributed by atoms with Gasteiger partial charge in [0.1, 0.15) is 16.9 Å². The minimum atomic E-state index is -0.245. The quantitative estimate of drug-likeness (QED) is 0.583. The molecule has 0 bridgehead atoms. The van der Waals surface area contributed by atoms with Crippen molar-refractivity contribution in [3.63, 3.8) is 0 Å². The highest BCUT2D eigenvalue weighted by Gasteiger charge is 2.33. The van der Waals surface area contributed by atoms with E-state index in [0.29, 0.717) is 34.3 Å². The highest BCUT2D eigenvalue weighted by Crippen LogP contribution is 2.39. The second-order valence-electron chi connectivity index (χ2n) is 6.69. The third-order valence-electron chi connectivity index (χ3n) is 4.74. The first kappa shape index (κ1) is 20.4. The van der Waals surface area contributed by atoms with Crippen LogP contribution in [0.25, 0.3) is 0 Å². The van der Waals surface area contributed by atoms with E-state index in [4.69, 9.17) is 20.8 Å². The third kappa shape index (κ3) is 4.32. The maximum atomic E-state index is 12.6. The van der Waals surface area contributed by atoms with E-state index in [2.05, 4.69) is 5.32 Å². The Morgan fingerprint density at radius 3 is 2.73 bits per heavy atom. The molecule has 6 nitrogen and oxygen atoms in total. The largest absolute Gasteiger partial charge is 0.495 e. The van der Waals surface area contributed by atoms with Crippen LogP contribution in [0.3, 0.4) is 0 Å². The van der Waals surface area contributed by atoms with Crippen molar-refractivity contribution in [1.29, 1.82) is 0 Å². The summed E-state index contributed by atoms with van der Waals surface area (Å²) in [5.74, 6) is 1.53. The Labute approximate surface area is 183 Å². The molecule has 0 aliphatic carbocycles. The summed E-state index contributed by atoms with van der Waals surface area (Å²) in [6.45, 7) is 0.421. The first-order chi connectivity index (χ1) is 14.5. The summed E-state index contributed by atoms with van der Waals surface area (Å²) in [6.07, 6.45) is 1.60. The van der Waals surface area contributed by atoms with Crippen molar-refractivity contribution in [3.05, 3.63) is 82.8 Å². The van der Waals surface area contributed by atoms with E-state index >= 15 is 0 Å². The fraction of sp³-hybridized carbons (Fsp3) is 0.182. The molecule has 4 rings (SSSR count). The molecule has 1 N–H and O–H groups in total. The fourth-order valence-electron chi connectivity index (χ4n) is 3.22. The van der Waals surface area contributed by atoms with Crippen LogP contribution in [0, 0.1) is 0 Å². The van der Waals surface area contributed by atoms with Crippen molar-refractivity contribution in [1.82, 2.24) is 4.90 Å². The summed E-state index contributed by atoms with van der Waals surface area (Å²) in [5, 5.41) is 3.13. The van der Waals surface area contributed by atoms with Crippen LogP contribution in [0.2, 0.25) is 5.02 Å². The van der Waals surface area contributed by atoms with Gasteiger partial charge < -0.3 is 19.4 Å². The molecule has 1 fully saturated rings. The number of carbonyl (C=O) groups excluding carboxylic acids is 2. The Kier molecular flexibility index (Phi) is 6.01. The summed E-state index contributed by atoms with van der Waals surface area (Å²) < 4.78 is 10.5. The van der Waals surface area contributed by atoms with Crippen molar-refractivity contribution >= 4 is 40.9 Å². The average Bonchev–Trinajstić information content (AvgIpc) is 3.39. The van der Waals surface area contributed by atoms with Crippen molar-refractivity contribution in [2.24, 2.45) is 0 Å². The number of nitrogens with one attached hydrogen (secondary N) is 1. The number of furan rings is 1. The molecule has 30 heavy (non-hydrogen) atoms. The number of halogens is 1. The molecule has 2 amide bonds. The maximum Gasteiger partial charge on any atom is 0.255 e. The van der Waals surface area contributed by atoms with Crippen LogP contribution in [0.15, 0.2) is 65.3 Å². The molecule has 154 valence electrons. The monoisotopic (exact) mass is 442 g/mol. The molecule has 1 aromatic heterocycles. The molecule has 3 aromatic rings. The molecule has 8 heteroatoms. The van der Waals surface area contributed by atoms with Gasteiger partial charge >= 0.3 is 0 Å². The molecule has 1 atom stereocenters. The van der Waals surface area contributed by atoms with Crippen LogP contribution >= 0.6 is 23.4 Å². The van der Waals surface area contributed by atoms with E-state index in [-0.39, 0.29) is 17.2 Å². The number of nitrogens with zero attached hydrogens (tertiary/aromatic N) is 1. The van der Waals surface area contributed by atoms with E-state index in [1.165, 1.54) is 7.11 Å². The summed E-state index contributed by atoms with van der Waals surface area (Å²) in [5.41, 5.74) is 2.05. The smallest absolute Gasteiger partial charge is 0.255 e. The van der Waals surface area contributed by atoms with Crippen LogP contribution in [-0.4, -0.2) is 29.6 Å². The van der Waals surface area contributed by atoms with Crippen LogP contribution < -0.4 is 10.1 Å². The molecule has 1 aliphatic rings. The van der Waals surface area contributed by atoms with Crippen molar-refractivity contribution < 1.29 is 18.7 Å². The number of hydrogen-bond acceptors (Lipinski definition) is 5. The Morgan fingerprint density at radius 2 is 2.07 bits per heavy atom. The molecular formula is C22H19ClN2O4S. The topological polar surface area (TPSA) is 71.8 Å². The number of thioether (sulfide) groups is 1. The number of ether oxygens (including phenoxy) is 1. The van der Waals surface area contributed by atoms with Crippen LogP contribution in [0.1, 0.15) is 27.1 Å². The number of rotatable bonds is 6. The lowest BCUT2D eigenvalue weighted by atomic mass is 10.1. The lowest BCUT2D eigenvalue weighted by molar-refractivity contribution is -0.128. The first-order valence-corrected chi connectivity index (χ1v) is 10.7. The van der Waals surface area contributed by atoms with E-state index in [0.717, 1.165) is 11.3 Å². The molecule has 2 aromatic carbocycles. The van der Waals surface area contributed by atoms with Gasteiger partial charge in [0.2, 0.25) is 5.91 Å². The number of benzene rings is 2. The lowest BCUT2D eigenvalue weighted by Gasteiger charge is -2.23. The summed E-state index contributed by atoms with van der Waals surface area (Å²) in [4.78, 5) is 26.7. The third-order valence-corrected chi connectivity index (χ3v) is 6.29. The first-order valence-electron chi connectivity index (χ1n) is 9.23. The second-order valence-corrected chi connectivity index (χ2v) is 8.17. The van der Waals surface area contributed by atoms with Gasteiger partial charge in [-0.3, -0.25) is 9.59 Å². The highest BCUT2D eigenvalue weighted by atomic mass is 35.5. The molecular weight excluding hydrogens is 424 g/mol. The second kappa shape index (κ2) is 8.85. The zero-order valence-electron chi connectivity index (χ0n) is 16.1. The number of amides is 2. The van der Waals surface area contributed by atoms with Gasteiger partial charge in [-0.1, -0.05) is 23.7 Å². The SMILES string of the molecule is COc1ccc(NC(=O)c2ccc([C@@H]3SCC(=O)N3Cc3ccco3)cc2)cc1Cl. The van der Waals surface area contributed by atoms with E-state index in [1.807, 2.05) is 18.2 Å². The van der Waals surface area contributed by atoms with Gasteiger partial charge in [-0.25, -0.2) is 0 Å². The van der Waals surface area contributed by atoms with Crippen molar-refractivity contribution in [3.8, 4) is 5.75 Å². The van der Waals surface area contributed by atoms with E-state index in [9.17, 15) is 9.59 Å². The van der Waals surface area contributed by atoms with Crippen LogP contribution in [0.4, 0.5) is 5.69 Å². The number of anilines is 1. The minimum absolute atomic E-state index is 0.0691. The number of hydrogen-bond donors (Lipinski definition) is 1. The molecule has 2 heterocycles. The van der Waals surface area contributed by atoms with Gasteiger partial charge in [0.25, 0.3) is 5.91 Å². The predicted octanol–water partition coefficient (Wildman–Crippen LogP) is 4.97. The van der Waals surface area contributed by atoms with Gasteiger partial charge in [-0.15, -0.1) is 11.8 Å². The van der Waals surface area contributed by atoms with Gasteiger partial charge in [-0.05, 0) is 48.0 Å². The van der Waals surface area contributed by atoms with Gasteiger partial charge in [0.15, 0.2) is 0 Å². The van der Waals surface area contributed by atoms with E-state index < -0.39 is 0 Å². The van der Waals surface area contributed by atoms with Crippen molar-refractivity contribution in [2.75, 3.05) is 18.2 Å². The molecule has 1 aliphatic heterocycles. The highest BCUT2D eigenvalue weighted by molar-refractivity contribution is 8.00. The molecule has 0 unspecified atom stereocenters. The molecule has 1 saturated heterocycles. The van der Waals surface area contributed by atoms with Gasteiger partial charge in [-0.2, -0.15) is 0 Å². The predicted molar refractivity (Wildman–Crippen MR) is 117 cm³/mol. The van der Waals surface area contributed by atoms with Gasteiger partial charge in [0, 0.05) is 11.3 Å². The maximum absolute atomic E-state index is 12.6. The Hall–Kier alpha value is -2.90. The van der Waals surface area contributed by atoms with Crippen molar-refractivity contribution in [2.45, 2.75) is 11.9 Å². The fourth-order valence-corrected chi connectivity index (χ4v) is 4.66. The zero-order chi connectivity index (χ0) is 21.1. The Bertz CT molecular complexity index is 1050. The molecule has 0 saturated carbocycles. The lowest BCUT2D eigenvalue weighted by Crippen LogP contribution is -2.27. The molecule has 0 spiro atoms. The number of methoxy groups -OCH3 is 1. The molecule has 0 radical (unpaired) electrons. The minimum Gasteiger partial charge on any atom is -0.495 e. The van der Waals surface area contributed by atoms with Crippen LogP contribution in [-0.2, 0) is 11.3 Å². The summed E-state index contributed by atoms with van der Waals surface area (Å²) in [7, 11) is 1.53. The number of carbonyl (C=O) groups is 2. The zero-order valence-corrected chi connectivity index (χ0v) is 17.7. The Balaban J connectivity index is 1.46.